The number of rotatable bonds is 30. The Morgan fingerprint density at radius 1 is 0.754 bits per heavy atom. The maximum Gasteiger partial charge on any atom is 0.226 e. The van der Waals surface area contributed by atoms with E-state index in [0.717, 1.165) is 25.7 Å². The quantitative estimate of drug-likeness (QED) is 0.0556. The fourth-order valence-electron chi connectivity index (χ4n) is 8.57. The van der Waals surface area contributed by atoms with Crippen molar-refractivity contribution in [3.8, 4) is 22.6 Å². The number of nitrogens with one attached hydrogen (secondary N) is 1. The molecule has 0 fully saturated rings. The van der Waals surface area contributed by atoms with E-state index in [9.17, 15) is 28.8 Å². The molecular formula is C52H81N5O8. The number of amides is 2. The van der Waals surface area contributed by atoms with Crippen LogP contribution >= 0.6 is 0 Å². The summed E-state index contributed by atoms with van der Waals surface area (Å²) in [5.41, 5.74) is 19.9. The van der Waals surface area contributed by atoms with Gasteiger partial charge in [0.05, 0.1) is 6.04 Å². The smallest absolute Gasteiger partial charge is 0.226 e. The Balaban J connectivity index is 2.03. The standard InChI is InChI=1S/C52H81N5O8/c1-6-7-8-9-10-11-12-13-14-15-16-20-42(59)34-41(19-17-18-25-53)52(63)57(5)50-40-22-24-49(65-29-27-55)44(35-40)43-32-39(21-23-48(43)64-28-26-54)33-45(46(60)30-36(2)38(4)58)56-51(62)37(3)31-47(50)61/h21-24,32,35-37,41,45,50H,6-20,25-31,33-34,53-55H2,1-5H3,(H,56,62)/t36-,37-,41-,45+,50+/m1/s1. The minimum Gasteiger partial charge on any atom is -0.492 e. The Morgan fingerprint density at radius 2 is 1.34 bits per heavy atom. The number of benzene rings is 2. The third-order valence-electron chi connectivity index (χ3n) is 12.6. The topological polar surface area (TPSA) is 214 Å². The van der Waals surface area contributed by atoms with Crippen LogP contribution in [-0.4, -0.2) is 85.8 Å². The Hall–Kier alpha value is -4.46. The lowest BCUT2D eigenvalue weighted by molar-refractivity contribution is -0.144. The molecule has 5 atom stereocenters. The molecule has 4 bridgehead atoms. The molecule has 0 aromatic heterocycles. The van der Waals surface area contributed by atoms with Gasteiger partial charge in [0.2, 0.25) is 11.8 Å². The molecule has 0 unspecified atom stereocenters. The summed E-state index contributed by atoms with van der Waals surface area (Å²) >= 11 is 0. The maximum absolute atomic E-state index is 14.8. The number of Topliss-reactive ketones (excluding diaryl/α,β-unsaturated/α-hetero) is 4. The van der Waals surface area contributed by atoms with Crippen molar-refractivity contribution >= 4 is 34.9 Å². The highest BCUT2D eigenvalue weighted by atomic mass is 16.5. The summed E-state index contributed by atoms with van der Waals surface area (Å²) in [4.78, 5) is 84.4. The number of unbranched alkanes of at least 4 members (excludes halogenated alkanes) is 11. The van der Waals surface area contributed by atoms with Crippen molar-refractivity contribution < 1.29 is 38.2 Å². The number of nitrogens with zero attached hydrogens (tertiary/aromatic N) is 1. The van der Waals surface area contributed by atoms with Gasteiger partial charge in [0.15, 0.2) is 11.6 Å². The molecule has 3 rings (SSSR count). The van der Waals surface area contributed by atoms with Crippen LogP contribution in [0, 0.1) is 17.8 Å². The van der Waals surface area contributed by atoms with Gasteiger partial charge in [-0.15, -0.1) is 0 Å². The second-order valence-electron chi connectivity index (χ2n) is 18.2. The van der Waals surface area contributed by atoms with Crippen LogP contribution in [0.3, 0.4) is 0 Å². The van der Waals surface area contributed by atoms with Gasteiger partial charge in [-0.1, -0.05) is 104 Å². The zero-order valence-corrected chi connectivity index (χ0v) is 40.3. The summed E-state index contributed by atoms with van der Waals surface area (Å²) in [5.74, 6) is -2.83. The van der Waals surface area contributed by atoms with Gasteiger partial charge in [0.25, 0.3) is 0 Å². The molecule has 0 saturated heterocycles. The van der Waals surface area contributed by atoms with Crippen molar-refractivity contribution in [3.63, 3.8) is 0 Å². The summed E-state index contributed by atoms with van der Waals surface area (Å²) in [6.45, 7) is 8.28. The number of hydrogen-bond acceptors (Lipinski definition) is 11. The number of ether oxygens (including phenoxy) is 2. The average molecular weight is 904 g/mol. The first-order chi connectivity index (χ1) is 31.3. The number of likely N-dealkylation sites (N-methyl/N-ethyl adjacent to an activating group) is 1. The zero-order chi connectivity index (χ0) is 47.7. The lowest BCUT2D eigenvalue weighted by atomic mass is 9.87. The molecule has 0 saturated carbocycles. The van der Waals surface area contributed by atoms with Crippen molar-refractivity contribution in [1.82, 2.24) is 10.2 Å². The van der Waals surface area contributed by atoms with Crippen LogP contribution < -0.4 is 32.0 Å². The lowest BCUT2D eigenvalue weighted by Crippen LogP contribution is -2.46. The zero-order valence-electron chi connectivity index (χ0n) is 40.3. The van der Waals surface area contributed by atoms with Crippen LogP contribution in [-0.2, 0) is 35.2 Å². The Bertz CT molecular complexity index is 1830. The van der Waals surface area contributed by atoms with Crippen molar-refractivity contribution in [2.75, 3.05) is 39.9 Å². The maximum atomic E-state index is 14.8. The highest BCUT2D eigenvalue weighted by Crippen LogP contribution is 2.41. The normalized spacial score (nSPS) is 17.4. The molecule has 1 aliphatic rings. The lowest BCUT2D eigenvalue weighted by Gasteiger charge is -2.32. The second kappa shape index (κ2) is 29.9. The molecule has 0 radical (unpaired) electrons. The van der Waals surface area contributed by atoms with E-state index in [1.807, 2.05) is 12.1 Å². The van der Waals surface area contributed by atoms with Gasteiger partial charge in [-0.05, 0) is 74.5 Å². The van der Waals surface area contributed by atoms with E-state index in [-0.39, 0.29) is 75.2 Å². The van der Waals surface area contributed by atoms with Crippen LogP contribution in [0.1, 0.15) is 160 Å². The number of hydrogen-bond donors (Lipinski definition) is 4. The molecular weight excluding hydrogens is 823 g/mol. The molecule has 13 nitrogen and oxygen atoms in total. The molecule has 0 spiro atoms. The van der Waals surface area contributed by atoms with Crippen LogP contribution in [0.15, 0.2) is 36.4 Å². The molecule has 65 heavy (non-hydrogen) atoms. The van der Waals surface area contributed by atoms with E-state index in [2.05, 4.69) is 12.2 Å². The predicted octanol–water partition coefficient (Wildman–Crippen LogP) is 7.75. The fraction of sp³-hybridized carbons (Fsp3) is 0.654. The minimum atomic E-state index is -1.15. The number of carbonyl (C=O) groups is 6. The molecule has 0 aliphatic carbocycles. The van der Waals surface area contributed by atoms with Gasteiger partial charge in [-0.2, -0.15) is 0 Å². The monoisotopic (exact) mass is 904 g/mol. The highest BCUT2D eigenvalue weighted by molar-refractivity contribution is 5.97. The van der Waals surface area contributed by atoms with Crippen LogP contribution in [0.25, 0.3) is 11.1 Å². The second-order valence-corrected chi connectivity index (χ2v) is 18.2. The van der Waals surface area contributed by atoms with Gasteiger partial charge in [0.1, 0.15) is 42.3 Å². The van der Waals surface area contributed by atoms with Crippen LogP contribution in [0.2, 0.25) is 0 Å². The van der Waals surface area contributed by atoms with Gasteiger partial charge in [0, 0.05) is 74.7 Å². The van der Waals surface area contributed by atoms with Crippen LogP contribution in [0.4, 0.5) is 0 Å². The molecule has 1 aliphatic heterocycles. The summed E-state index contributed by atoms with van der Waals surface area (Å²) in [6, 6.07) is 8.60. The van der Waals surface area contributed by atoms with E-state index in [4.69, 9.17) is 26.7 Å². The van der Waals surface area contributed by atoms with E-state index < -0.39 is 41.5 Å². The van der Waals surface area contributed by atoms with Gasteiger partial charge in [-0.3, -0.25) is 28.8 Å². The Labute approximate surface area is 389 Å². The molecule has 7 N–H and O–H groups in total. The molecule has 1 heterocycles. The van der Waals surface area contributed by atoms with Gasteiger partial charge < -0.3 is 36.9 Å². The van der Waals surface area contributed by atoms with Gasteiger partial charge >= 0.3 is 0 Å². The largest absolute Gasteiger partial charge is 0.492 e. The highest BCUT2D eigenvalue weighted by Gasteiger charge is 2.36. The summed E-state index contributed by atoms with van der Waals surface area (Å²) in [6.07, 6.45) is 15.0. The minimum absolute atomic E-state index is 0.0263. The molecule has 362 valence electrons. The van der Waals surface area contributed by atoms with E-state index >= 15 is 0 Å². The number of fused-ring (bicyclic) bond motifs is 5. The first kappa shape index (κ1) is 54.9. The Morgan fingerprint density at radius 3 is 1.92 bits per heavy atom. The summed E-state index contributed by atoms with van der Waals surface area (Å²) < 4.78 is 12.3. The van der Waals surface area contributed by atoms with Crippen LogP contribution in [0.5, 0.6) is 11.5 Å². The number of nitrogens with two attached hydrogens (primary N) is 3. The summed E-state index contributed by atoms with van der Waals surface area (Å²) in [7, 11) is 1.59. The Kier molecular flexibility index (Phi) is 25.3. The molecule has 2 aromatic carbocycles. The van der Waals surface area contributed by atoms with E-state index in [0.29, 0.717) is 66.0 Å². The molecule has 2 amide bonds. The van der Waals surface area contributed by atoms with Crippen molar-refractivity contribution in [1.29, 1.82) is 0 Å². The average Bonchev–Trinajstić information content (AvgIpc) is 3.28. The van der Waals surface area contributed by atoms with Gasteiger partial charge in [-0.25, -0.2) is 0 Å². The number of ketones is 4. The van der Waals surface area contributed by atoms with Crippen molar-refractivity contribution in [3.05, 3.63) is 47.5 Å². The molecule has 13 heteroatoms. The number of carbonyl (C=O) groups excluding carboxylic acids is 6. The third kappa shape index (κ3) is 18.4. The van der Waals surface area contributed by atoms with E-state index in [1.165, 1.54) is 56.8 Å². The first-order valence-corrected chi connectivity index (χ1v) is 24.5. The first-order valence-electron chi connectivity index (χ1n) is 24.5. The summed E-state index contributed by atoms with van der Waals surface area (Å²) in [5, 5.41) is 2.90. The third-order valence-corrected chi connectivity index (χ3v) is 12.6. The van der Waals surface area contributed by atoms with Crippen molar-refractivity contribution in [2.45, 2.75) is 162 Å². The predicted molar refractivity (Wildman–Crippen MR) is 257 cm³/mol. The SMILES string of the molecule is CCCCCCCCCCCCCC(=O)C[C@@H](CCCCN)C(=O)N(C)[C@@H]1C(=O)C[C@@H](C)C(=O)N[C@H](C(=O)C[C@@H](C)C(C)=O)Cc2ccc(OCCN)c(c2)-c2cc1ccc2OCCN. The fourth-order valence-corrected chi connectivity index (χ4v) is 8.57. The molecule has 2 aromatic rings. The van der Waals surface area contributed by atoms with E-state index in [1.54, 1.807) is 45.2 Å². The van der Waals surface area contributed by atoms with Crippen molar-refractivity contribution in [2.24, 2.45) is 35.0 Å².